The molecule has 0 saturated heterocycles. The van der Waals surface area contributed by atoms with Crippen LogP contribution in [0, 0.1) is 5.41 Å². The average Bonchev–Trinajstić information content (AvgIpc) is 2.83. The van der Waals surface area contributed by atoms with Crippen LogP contribution in [0.2, 0.25) is 0 Å². The summed E-state index contributed by atoms with van der Waals surface area (Å²) in [6.07, 6.45) is 0. The first-order valence-electron chi connectivity index (χ1n) is 4.61. The van der Waals surface area contributed by atoms with Crippen LogP contribution < -0.4 is 0 Å². The first-order valence-corrected chi connectivity index (χ1v) is 5.50. The van der Waals surface area contributed by atoms with Crippen molar-refractivity contribution in [2.45, 2.75) is 20.8 Å². The maximum absolute atomic E-state index is 2.28. The third-order valence-electron chi connectivity index (χ3n) is 2.16. The molecule has 0 nitrogen and oxygen atoms in total. The molecule has 1 aromatic carbocycles. The van der Waals surface area contributed by atoms with Gasteiger partial charge in [-0.2, -0.15) is 0 Å². The van der Waals surface area contributed by atoms with Crippen molar-refractivity contribution in [3.8, 4) is 0 Å². The van der Waals surface area contributed by atoms with E-state index in [0.29, 0.717) is 5.41 Å². The summed E-state index contributed by atoms with van der Waals surface area (Å²) >= 11 is 0. The minimum absolute atomic E-state index is 0.354. The summed E-state index contributed by atoms with van der Waals surface area (Å²) in [5.41, 5.74) is 1.75. The zero-order valence-electron chi connectivity index (χ0n) is 8.33. The third kappa shape index (κ3) is 1.84. The van der Waals surface area contributed by atoms with E-state index in [2.05, 4.69) is 51.1 Å². The summed E-state index contributed by atoms with van der Waals surface area (Å²) in [4.78, 5) is 0. The molecule has 0 atom stereocenters. The van der Waals surface area contributed by atoms with Gasteiger partial charge in [0.1, 0.15) is 0 Å². The third-order valence-corrected chi connectivity index (χ3v) is 3.76. The van der Waals surface area contributed by atoms with Crippen molar-refractivity contribution in [2.75, 3.05) is 0 Å². The predicted octanol–water partition coefficient (Wildman–Crippen LogP) is 3.39. The van der Waals surface area contributed by atoms with Gasteiger partial charge in [0, 0.05) is 0 Å². The van der Waals surface area contributed by atoms with Crippen LogP contribution in [0.4, 0.5) is 0 Å². The second-order valence-corrected chi connectivity index (χ2v) is 5.54. The van der Waals surface area contributed by atoms with Gasteiger partial charge >= 0.3 is 80.5 Å². The molecule has 0 spiro atoms. The van der Waals surface area contributed by atoms with Crippen LogP contribution in [0.3, 0.4) is 0 Å². The molecule has 0 N–H and O–H groups in total. The van der Waals surface area contributed by atoms with Crippen LogP contribution in [-0.4, -0.2) is 10.6 Å². The van der Waals surface area contributed by atoms with Gasteiger partial charge in [0.15, 0.2) is 0 Å². The molecule has 1 heterocycles. The molecule has 66 valence electrons. The number of hydrogen-bond acceptors (Lipinski definition) is 0. The molecule has 0 aromatic heterocycles. The van der Waals surface area contributed by atoms with Crippen molar-refractivity contribution >= 4 is 18.4 Å². The normalized spacial score (nSPS) is 15.6. The molecule has 1 heteroatoms. The standard InChI is InChI=1S/C12H14P/c1-12(2,3)11-10(13-11)9-7-5-4-6-8-9/h4-8H,1-3H3/q+1. The van der Waals surface area contributed by atoms with Crippen LogP contribution in [0.15, 0.2) is 30.3 Å². The quantitative estimate of drug-likeness (QED) is 0.594. The number of rotatable bonds is 1. The fraction of sp³-hybridized carbons (Fsp3) is 0.333. The predicted molar refractivity (Wildman–Crippen MR) is 61.9 cm³/mol. The first kappa shape index (κ1) is 8.97. The molecule has 2 rings (SSSR count). The monoisotopic (exact) mass is 189 g/mol. The van der Waals surface area contributed by atoms with E-state index in [4.69, 9.17) is 0 Å². The zero-order chi connectivity index (χ0) is 9.47. The van der Waals surface area contributed by atoms with Crippen molar-refractivity contribution < 1.29 is 0 Å². The van der Waals surface area contributed by atoms with Gasteiger partial charge in [0.05, 0.1) is 0 Å². The fourth-order valence-corrected chi connectivity index (χ4v) is 2.65. The van der Waals surface area contributed by atoms with Crippen molar-refractivity contribution in [3.63, 3.8) is 0 Å². The first-order chi connectivity index (χ1) is 6.09. The molecule has 0 aliphatic carbocycles. The Morgan fingerprint density at radius 3 is 2.08 bits per heavy atom. The molecule has 1 aliphatic heterocycles. The number of hydrogen-bond donors (Lipinski definition) is 0. The van der Waals surface area contributed by atoms with Gasteiger partial charge < -0.3 is 0 Å². The Morgan fingerprint density at radius 2 is 1.62 bits per heavy atom. The van der Waals surface area contributed by atoms with E-state index in [9.17, 15) is 0 Å². The molecular weight excluding hydrogens is 175 g/mol. The van der Waals surface area contributed by atoms with Crippen LogP contribution in [0.1, 0.15) is 26.3 Å². The van der Waals surface area contributed by atoms with E-state index in [1.54, 1.807) is 5.29 Å². The van der Waals surface area contributed by atoms with E-state index < -0.39 is 0 Å². The molecular formula is C12H14P+. The molecule has 13 heavy (non-hydrogen) atoms. The Bertz CT molecular complexity index is 387. The van der Waals surface area contributed by atoms with E-state index in [1.165, 1.54) is 18.7 Å². The molecule has 1 aliphatic rings. The Labute approximate surface area is 81.0 Å². The van der Waals surface area contributed by atoms with E-state index in [-0.39, 0.29) is 0 Å². The summed E-state index contributed by atoms with van der Waals surface area (Å²) < 4.78 is 0. The molecule has 0 saturated carbocycles. The Balaban J connectivity index is 2.16. The molecule has 0 radical (unpaired) electrons. The van der Waals surface area contributed by atoms with Gasteiger partial charge in [-0.05, 0) is 0 Å². The Morgan fingerprint density at radius 1 is 1.00 bits per heavy atom. The summed E-state index contributed by atoms with van der Waals surface area (Å²) in [6, 6.07) is 10.7. The summed E-state index contributed by atoms with van der Waals surface area (Å²) in [7, 11) is 1.45. The van der Waals surface area contributed by atoms with Crippen LogP contribution >= 0.6 is 7.83 Å². The van der Waals surface area contributed by atoms with Crippen LogP contribution in [0.5, 0.6) is 0 Å². The molecule has 0 unspecified atom stereocenters. The zero-order valence-corrected chi connectivity index (χ0v) is 9.23. The van der Waals surface area contributed by atoms with Gasteiger partial charge in [-0.15, -0.1) is 0 Å². The minimum atomic E-state index is 0.354. The van der Waals surface area contributed by atoms with Crippen molar-refractivity contribution in [1.82, 2.24) is 0 Å². The topological polar surface area (TPSA) is 0 Å². The average molecular weight is 189 g/mol. The summed E-state index contributed by atoms with van der Waals surface area (Å²) in [6.45, 7) is 6.85. The van der Waals surface area contributed by atoms with E-state index in [0.717, 1.165) is 0 Å². The van der Waals surface area contributed by atoms with Gasteiger partial charge in [-0.25, -0.2) is 0 Å². The van der Waals surface area contributed by atoms with Crippen molar-refractivity contribution in [1.29, 1.82) is 0 Å². The van der Waals surface area contributed by atoms with Gasteiger partial charge in [0.25, 0.3) is 0 Å². The van der Waals surface area contributed by atoms with Crippen molar-refractivity contribution in [2.24, 2.45) is 5.41 Å². The number of benzene rings is 1. The van der Waals surface area contributed by atoms with E-state index >= 15 is 0 Å². The Kier molecular flexibility index (Phi) is 2.04. The van der Waals surface area contributed by atoms with Crippen LogP contribution in [-0.2, 0) is 0 Å². The second kappa shape index (κ2) is 2.96. The molecule has 0 amide bonds. The molecule has 1 aromatic rings. The summed E-state index contributed by atoms with van der Waals surface area (Å²) in [5.74, 6) is 0. The Hall–Kier alpha value is -0.610. The van der Waals surface area contributed by atoms with Crippen LogP contribution in [0.25, 0.3) is 0 Å². The van der Waals surface area contributed by atoms with Gasteiger partial charge in [0.2, 0.25) is 0 Å². The summed E-state index contributed by atoms with van der Waals surface area (Å²) in [5, 5.41) is 3.13. The van der Waals surface area contributed by atoms with Gasteiger partial charge in [-0.1, -0.05) is 0 Å². The van der Waals surface area contributed by atoms with E-state index in [1.807, 2.05) is 0 Å². The van der Waals surface area contributed by atoms with Crippen molar-refractivity contribution in [3.05, 3.63) is 35.9 Å². The SMILES string of the molecule is CC(C)(C)C1=[P+]=C1c1ccccc1. The maximum atomic E-state index is 2.28. The fourth-order valence-electron chi connectivity index (χ4n) is 1.40. The molecule has 0 bridgehead atoms. The van der Waals surface area contributed by atoms with Gasteiger partial charge in [-0.3, -0.25) is 0 Å². The second-order valence-electron chi connectivity index (χ2n) is 4.43. The molecule has 0 fully saturated rings.